The molecule has 0 saturated heterocycles. The van der Waals surface area contributed by atoms with Gasteiger partial charge in [-0.1, -0.05) is 19.8 Å². The van der Waals surface area contributed by atoms with Crippen LogP contribution in [0, 0.1) is 5.92 Å². The Morgan fingerprint density at radius 1 is 1.31 bits per heavy atom. The van der Waals surface area contributed by atoms with E-state index >= 15 is 0 Å². The number of alkyl halides is 3. The van der Waals surface area contributed by atoms with E-state index in [4.69, 9.17) is 0 Å². The summed E-state index contributed by atoms with van der Waals surface area (Å²) in [5.41, 5.74) is 0. The van der Waals surface area contributed by atoms with Crippen molar-refractivity contribution in [2.24, 2.45) is 5.92 Å². The van der Waals surface area contributed by atoms with Crippen LogP contribution >= 0.6 is 0 Å². The molecular weight excluding hydrogens is 181 g/mol. The van der Waals surface area contributed by atoms with Crippen molar-refractivity contribution in [3.63, 3.8) is 0 Å². The molecule has 0 aliphatic heterocycles. The predicted octanol–water partition coefficient (Wildman–Crippen LogP) is 3.33. The molecule has 78 valence electrons. The topological polar surface area (TPSA) is 17.1 Å². The molecule has 0 amide bonds. The first-order valence-corrected chi connectivity index (χ1v) is 4.52. The fourth-order valence-corrected chi connectivity index (χ4v) is 1.19. The molecule has 1 unspecified atom stereocenters. The van der Waals surface area contributed by atoms with Gasteiger partial charge in [0.05, 0.1) is 5.92 Å². The first-order chi connectivity index (χ1) is 6.02. The quantitative estimate of drug-likeness (QED) is 0.595. The van der Waals surface area contributed by atoms with Crippen LogP contribution in [0.15, 0.2) is 0 Å². The maximum atomic E-state index is 12.3. The second-order valence-electron chi connectivity index (χ2n) is 3.12. The monoisotopic (exact) mass is 196 g/mol. The average Bonchev–Trinajstić information content (AvgIpc) is 2.02. The van der Waals surface area contributed by atoms with Crippen molar-refractivity contribution in [1.29, 1.82) is 0 Å². The molecule has 0 rings (SSSR count). The summed E-state index contributed by atoms with van der Waals surface area (Å²) in [5, 5.41) is 0. The number of carbonyl (C=O) groups is 1. The van der Waals surface area contributed by atoms with E-state index in [-0.39, 0.29) is 19.3 Å². The molecule has 4 heteroatoms. The van der Waals surface area contributed by atoms with Gasteiger partial charge in [0.1, 0.15) is 6.29 Å². The van der Waals surface area contributed by atoms with Crippen molar-refractivity contribution in [1.82, 2.24) is 0 Å². The summed E-state index contributed by atoms with van der Waals surface area (Å²) in [7, 11) is 0. The molecule has 0 aromatic carbocycles. The van der Waals surface area contributed by atoms with Crippen molar-refractivity contribution in [2.45, 2.75) is 45.2 Å². The Kier molecular flexibility index (Phi) is 5.75. The van der Waals surface area contributed by atoms with Crippen LogP contribution in [-0.2, 0) is 4.79 Å². The largest absolute Gasteiger partial charge is 0.391 e. The Labute approximate surface area is 76.3 Å². The fraction of sp³-hybridized carbons (Fsp3) is 0.889. The second kappa shape index (κ2) is 6.00. The number of rotatable bonds is 6. The van der Waals surface area contributed by atoms with Crippen molar-refractivity contribution in [3.05, 3.63) is 0 Å². The van der Waals surface area contributed by atoms with Gasteiger partial charge >= 0.3 is 6.18 Å². The van der Waals surface area contributed by atoms with E-state index in [0.717, 1.165) is 6.42 Å². The van der Waals surface area contributed by atoms with E-state index in [1.54, 1.807) is 0 Å². The lowest BCUT2D eigenvalue weighted by Crippen LogP contribution is -2.22. The van der Waals surface area contributed by atoms with Gasteiger partial charge in [0.25, 0.3) is 0 Å². The maximum absolute atomic E-state index is 12.3. The van der Waals surface area contributed by atoms with Gasteiger partial charge in [-0.15, -0.1) is 0 Å². The van der Waals surface area contributed by atoms with E-state index in [1.807, 2.05) is 6.92 Å². The highest BCUT2D eigenvalue weighted by atomic mass is 19.4. The van der Waals surface area contributed by atoms with Crippen LogP contribution in [0.3, 0.4) is 0 Å². The molecule has 0 aliphatic rings. The van der Waals surface area contributed by atoms with Crippen LogP contribution in [0.2, 0.25) is 0 Å². The van der Waals surface area contributed by atoms with Gasteiger partial charge in [-0.25, -0.2) is 0 Å². The third-order valence-corrected chi connectivity index (χ3v) is 2.00. The molecule has 13 heavy (non-hydrogen) atoms. The third-order valence-electron chi connectivity index (χ3n) is 2.00. The minimum Gasteiger partial charge on any atom is -0.303 e. The molecule has 0 N–H and O–H groups in total. The zero-order valence-electron chi connectivity index (χ0n) is 7.73. The fourth-order valence-electron chi connectivity index (χ4n) is 1.19. The van der Waals surface area contributed by atoms with Gasteiger partial charge in [0.15, 0.2) is 0 Å². The first kappa shape index (κ1) is 12.5. The molecule has 0 fully saturated rings. The lowest BCUT2D eigenvalue weighted by Gasteiger charge is -2.18. The average molecular weight is 196 g/mol. The third kappa shape index (κ3) is 5.66. The molecule has 1 nitrogen and oxygen atoms in total. The Hall–Kier alpha value is -0.540. The van der Waals surface area contributed by atoms with Gasteiger partial charge in [-0.3, -0.25) is 0 Å². The van der Waals surface area contributed by atoms with Crippen LogP contribution in [0.1, 0.15) is 39.0 Å². The number of aldehydes is 1. The summed E-state index contributed by atoms with van der Waals surface area (Å²) in [6.07, 6.45) is -2.17. The molecular formula is C9H15F3O. The van der Waals surface area contributed by atoms with Gasteiger partial charge in [0.2, 0.25) is 0 Å². The van der Waals surface area contributed by atoms with Crippen LogP contribution in [0.25, 0.3) is 0 Å². The Balaban J connectivity index is 3.95. The molecule has 0 heterocycles. The van der Waals surface area contributed by atoms with Crippen LogP contribution < -0.4 is 0 Å². The summed E-state index contributed by atoms with van der Waals surface area (Å²) in [5.74, 6) is -1.29. The zero-order valence-corrected chi connectivity index (χ0v) is 7.73. The van der Waals surface area contributed by atoms with Crippen molar-refractivity contribution in [2.75, 3.05) is 0 Å². The molecule has 0 aliphatic carbocycles. The molecule has 0 spiro atoms. The number of hydrogen-bond donors (Lipinski definition) is 0. The predicted molar refractivity (Wildman–Crippen MR) is 44.4 cm³/mol. The number of carbonyl (C=O) groups excluding carboxylic acids is 1. The maximum Gasteiger partial charge on any atom is 0.391 e. The van der Waals surface area contributed by atoms with Gasteiger partial charge in [-0.05, 0) is 12.8 Å². The van der Waals surface area contributed by atoms with E-state index in [9.17, 15) is 18.0 Å². The van der Waals surface area contributed by atoms with Crippen LogP contribution in [0.5, 0.6) is 0 Å². The Morgan fingerprint density at radius 3 is 2.31 bits per heavy atom. The zero-order chi connectivity index (χ0) is 10.3. The normalized spacial score (nSPS) is 14.2. The Bertz CT molecular complexity index is 142. The molecule has 1 atom stereocenters. The van der Waals surface area contributed by atoms with Gasteiger partial charge < -0.3 is 4.79 Å². The summed E-state index contributed by atoms with van der Waals surface area (Å²) >= 11 is 0. The number of unbranched alkanes of at least 4 members (excludes halogenated alkanes) is 1. The molecule has 0 aromatic heterocycles. The van der Waals surface area contributed by atoms with Crippen molar-refractivity contribution >= 4 is 6.29 Å². The lowest BCUT2D eigenvalue weighted by molar-refractivity contribution is -0.178. The van der Waals surface area contributed by atoms with E-state index in [0.29, 0.717) is 12.7 Å². The minimum atomic E-state index is -4.14. The molecule has 0 saturated carbocycles. The molecule has 0 bridgehead atoms. The summed E-state index contributed by atoms with van der Waals surface area (Å²) in [4.78, 5) is 9.94. The highest BCUT2D eigenvalue weighted by Crippen LogP contribution is 2.33. The highest BCUT2D eigenvalue weighted by molar-refractivity contribution is 5.49. The SMILES string of the molecule is CCCCC(CCC=O)C(F)(F)F. The van der Waals surface area contributed by atoms with E-state index in [1.165, 1.54) is 0 Å². The minimum absolute atomic E-state index is 0.00783. The smallest absolute Gasteiger partial charge is 0.303 e. The lowest BCUT2D eigenvalue weighted by atomic mass is 9.96. The van der Waals surface area contributed by atoms with Crippen LogP contribution in [0.4, 0.5) is 13.2 Å². The van der Waals surface area contributed by atoms with Crippen molar-refractivity contribution in [3.8, 4) is 0 Å². The first-order valence-electron chi connectivity index (χ1n) is 4.52. The highest BCUT2D eigenvalue weighted by Gasteiger charge is 2.37. The van der Waals surface area contributed by atoms with E-state index in [2.05, 4.69) is 0 Å². The summed E-state index contributed by atoms with van der Waals surface area (Å²) in [6, 6.07) is 0. The van der Waals surface area contributed by atoms with Crippen LogP contribution in [-0.4, -0.2) is 12.5 Å². The Morgan fingerprint density at radius 2 is 1.92 bits per heavy atom. The van der Waals surface area contributed by atoms with E-state index < -0.39 is 12.1 Å². The number of hydrogen-bond acceptors (Lipinski definition) is 1. The van der Waals surface area contributed by atoms with Crippen molar-refractivity contribution < 1.29 is 18.0 Å². The van der Waals surface area contributed by atoms with Gasteiger partial charge in [-0.2, -0.15) is 13.2 Å². The summed E-state index contributed by atoms with van der Waals surface area (Å²) in [6.45, 7) is 1.85. The second-order valence-corrected chi connectivity index (χ2v) is 3.12. The number of halogens is 3. The standard InChI is InChI=1S/C9H15F3O/c1-2-3-5-8(6-4-7-13)9(10,11)12/h7-8H,2-6H2,1H3. The molecule has 0 aromatic rings. The molecule has 0 radical (unpaired) electrons. The summed E-state index contributed by atoms with van der Waals surface area (Å²) < 4.78 is 36.8. The van der Waals surface area contributed by atoms with Gasteiger partial charge in [0, 0.05) is 6.42 Å².